The van der Waals surface area contributed by atoms with Gasteiger partial charge in [0.25, 0.3) is 0 Å². The van der Waals surface area contributed by atoms with Crippen LogP contribution in [0.15, 0.2) is 0 Å². The molecule has 0 aromatic heterocycles. The molecule has 0 aliphatic carbocycles. The van der Waals surface area contributed by atoms with Crippen molar-refractivity contribution in [1.29, 1.82) is 0 Å². The highest BCUT2D eigenvalue weighted by atomic mass is 16.5. The molecule has 0 bridgehead atoms. The molecular formula is C12H23N3O3. The standard InChI is InChI=1S/C12H23N3O3/c1-4-12(13,5-2)10(16)14-6-8-15(9-7-14)11(17)18-3/h4-9,13H2,1-3H3. The molecule has 6 heteroatoms. The topological polar surface area (TPSA) is 75.9 Å². The van der Waals surface area contributed by atoms with Gasteiger partial charge in [-0.2, -0.15) is 0 Å². The third-order valence-corrected chi connectivity index (χ3v) is 3.69. The van der Waals surface area contributed by atoms with E-state index in [1.54, 1.807) is 9.80 Å². The van der Waals surface area contributed by atoms with Gasteiger partial charge in [0.05, 0.1) is 12.6 Å². The Balaban J connectivity index is 2.58. The van der Waals surface area contributed by atoms with Crippen molar-refractivity contribution in [1.82, 2.24) is 9.80 Å². The summed E-state index contributed by atoms with van der Waals surface area (Å²) in [6.07, 6.45) is 0.908. The Morgan fingerprint density at radius 1 is 1.11 bits per heavy atom. The quantitative estimate of drug-likeness (QED) is 0.794. The zero-order chi connectivity index (χ0) is 13.8. The highest BCUT2D eigenvalue weighted by Crippen LogP contribution is 2.16. The zero-order valence-electron chi connectivity index (χ0n) is 11.4. The maximum Gasteiger partial charge on any atom is 0.409 e. The average Bonchev–Trinajstić information content (AvgIpc) is 2.44. The first kappa shape index (κ1) is 14.8. The third-order valence-electron chi connectivity index (χ3n) is 3.69. The largest absolute Gasteiger partial charge is 0.453 e. The summed E-state index contributed by atoms with van der Waals surface area (Å²) < 4.78 is 4.65. The van der Waals surface area contributed by atoms with E-state index >= 15 is 0 Å². The van der Waals surface area contributed by atoms with Crippen molar-refractivity contribution in [2.24, 2.45) is 5.73 Å². The lowest BCUT2D eigenvalue weighted by molar-refractivity contribution is -0.138. The van der Waals surface area contributed by atoms with Gasteiger partial charge in [-0.3, -0.25) is 4.79 Å². The predicted octanol–water partition coefficient (Wildman–Crippen LogP) is 0.415. The van der Waals surface area contributed by atoms with Gasteiger partial charge in [-0.25, -0.2) is 4.79 Å². The second-order valence-corrected chi connectivity index (χ2v) is 4.61. The Labute approximate surface area is 108 Å². The Kier molecular flexibility index (Phi) is 4.95. The summed E-state index contributed by atoms with van der Waals surface area (Å²) in [6, 6.07) is 0. The Bertz CT molecular complexity index is 308. The number of carbonyl (C=O) groups excluding carboxylic acids is 2. The molecule has 0 radical (unpaired) electrons. The Morgan fingerprint density at radius 2 is 1.56 bits per heavy atom. The van der Waals surface area contributed by atoms with E-state index in [0.29, 0.717) is 39.0 Å². The molecule has 0 saturated carbocycles. The number of nitrogens with two attached hydrogens (primary N) is 1. The molecule has 0 spiro atoms. The minimum atomic E-state index is -0.770. The lowest BCUT2D eigenvalue weighted by atomic mass is 9.92. The Morgan fingerprint density at radius 3 is 1.94 bits per heavy atom. The number of ether oxygens (including phenoxy) is 1. The van der Waals surface area contributed by atoms with Gasteiger partial charge in [0.2, 0.25) is 5.91 Å². The molecular weight excluding hydrogens is 234 g/mol. The molecule has 2 N–H and O–H groups in total. The predicted molar refractivity (Wildman–Crippen MR) is 68.1 cm³/mol. The Hall–Kier alpha value is -1.30. The second kappa shape index (κ2) is 6.04. The second-order valence-electron chi connectivity index (χ2n) is 4.61. The van der Waals surface area contributed by atoms with Crippen LogP contribution < -0.4 is 5.73 Å². The first-order valence-electron chi connectivity index (χ1n) is 6.39. The first-order chi connectivity index (χ1) is 8.48. The summed E-state index contributed by atoms with van der Waals surface area (Å²) in [5, 5.41) is 0. The summed E-state index contributed by atoms with van der Waals surface area (Å²) in [5.41, 5.74) is 5.32. The number of hydrogen-bond donors (Lipinski definition) is 1. The van der Waals surface area contributed by atoms with E-state index in [1.807, 2.05) is 13.8 Å². The zero-order valence-corrected chi connectivity index (χ0v) is 11.4. The van der Waals surface area contributed by atoms with Gasteiger partial charge in [0, 0.05) is 26.2 Å². The smallest absolute Gasteiger partial charge is 0.409 e. The summed E-state index contributed by atoms with van der Waals surface area (Å²) in [6.45, 7) is 5.89. The van der Waals surface area contributed by atoms with Gasteiger partial charge in [-0.1, -0.05) is 13.8 Å². The van der Waals surface area contributed by atoms with Crippen LogP contribution in [0.25, 0.3) is 0 Å². The fourth-order valence-electron chi connectivity index (χ4n) is 2.09. The molecule has 0 unspecified atom stereocenters. The number of rotatable bonds is 3. The highest BCUT2D eigenvalue weighted by Gasteiger charge is 2.35. The summed E-state index contributed by atoms with van der Waals surface area (Å²) in [7, 11) is 1.36. The number of methoxy groups -OCH3 is 1. The molecule has 0 atom stereocenters. The molecule has 1 heterocycles. The van der Waals surface area contributed by atoms with E-state index in [2.05, 4.69) is 4.74 Å². The summed E-state index contributed by atoms with van der Waals surface area (Å²) in [5.74, 6) is -0.0167. The van der Waals surface area contributed by atoms with Crippen LogP contribution in [0.3, 0.4) is 0 Å². The number of carbonyl (C=O) groups is 2. The highest BCUT2D eigenvalue weighted by molar-refractivity contribution is 5.86. The molecule has 1 saturated heterocycles. The maximum absolute atomic E-state index is 12.3. The maximum atomic E-state index is 12.3. The van der Waals surface area contributed by atoms with Crippen molar-refractivity contribution < 1.29 is 14.3 Å². The molecule has 1 rings (SSSR count). The minimum Gasteiger partial charge on any atom is -0.453 e. The van der Waals surface area contributed by atoms with E-state index in [1.165, 1.54) is 7.11 Å². The van der Waals surface area contributed by atoms with Crippen molar-refractivity contribution >= 4 is 12.0 Å². The molecule has 1 aliphatic heterocycles. The molecule has 2 amide bonds. The lowest BCUT2D eigenvalue weighted by Gasteiger charge is -2.38. The van der Waals surface area contributed by atoms with E-state index in [9.17, 15) is 9.59 Å². The SMILES string of the molecule is CCC(N)(CC)C(=O)N1CCN(C(=O)OC)CC1. The van der Waals surface area contributed by atoms with Crippen LogP contribution in [0.2, 0.25) is 0 Å². The van der Waals surface area contributed by atoms with Gasteiger partial charge < -0.3 is 20.3 Å². The number of nitrogens with zero attached hydrogens (tertiary/aromatic N) is 2. The van der Waals surface area contributed by atoms with Crippen LogP contribution in [0.5, 0.6) is 0 Å². The molecule has 0 aromatic rings. The lowest BCUT2D eigenvalue weighted by Crippen LogP contribution is -2.59. The van der Waals surface area contributed by atoms with Crippen LogP contribution in [0.4, 0.5) is 4.79 Å². The van der Waals surface area contributed by atoms with Crippen molar-refractivity contribution in [3.05, 3.63) is 0 Å². The molecule has 104 valence electrons. The summed E-state index contributed by atoms with van der Waals surface area (Å²) in [4.78, 5) is 27.0. The van der Waals surface area contributed by atoms with Crippen LogP contribution in [0.1, 0.15) is 26.7 Å². The normalized spacial score (nSPS) is 16.7. The monoisotopic (exact) mass is 257 g/mol. The van der Waals surface area contributed by atoms with Crippen LogP contribution in [-0.2, 0) is 9.53 Å². The van der Waals surface area contributed by atoms with Crippen molar-refractivity contribution in [3.8, 4) is 0 Å². The summed E-state index contributed by atoms with van der Waals surface area (Å²) >= 11 is 0. The van der Waals surface area contributed by atoms with Crippen molar-refractivity contribution in [2.45, 2.75) is 32.2 Å². The molecule has 0 aromatic carbocycles. The van der Waals surface area contributed by atoms with E-state index < -0.39 is 5.54 Å². The van der Waals surface area contributed by atoms with Gasteiger partial charge in [0.1, 0.15) is 0 Å². The van der Waals surface area contributed by atoms with Crippen molar-refractivity contribution in [2.75, 3.05) is 33.3 Å². The van der Waals surface area contributed by atoms with Crippen LogP contribution >= 0.6 is 0 Å². The van der Waals surface area contributed by atoms with Crippen molar-refractivity contribution in [3.63, 3.8) is 0 Å². The molecule has 1 fully saturated rings. The van der Waals surface area contributed by atoms with Gasteiger partial charge in [-0.15, -0.1) is 0 Å². The third kappa shape index (κ3) is 2.93. The minimum absolute atomic E-state index is 0.0167. The van der Waals surface area contributed by atoms with Gasteiger partial charge in [0.15, 0.2) is 0 Å². The fraction of sp³-hybridized carbons (Fsp3) is 0.833. The molecule has 1 aliphatic rings. The average molecular weight is 257 g/mol. The number of amides is 2. The first-order valence-corrected chi connectivity index (χ1v) is 6.39. The van der Waals surface area contributed by atoms with Crippen LogP contribution in [0, 0.1) is 0 Å². The number of piperazine rings is 1. The van der Waals surface area contributed by atoms with E-state index in [4.69, 9.17) is 5.73 Å². The van der Waals surface area contributed by atoms with Gasteiger partial charge in [-0.05, 0) is 12.8 Å². The van der Waals surface area contributed by atoms with Gasteiger partial charge >= 0.3 is 6.09 Å². The number of hydrogen-bond acceptors (Lipinski definition) is 4. The van der Waals surface area contributed by atoms with Crippen LogP contribution in [-0.4, -0.2) is 60.6 Å². The molecule has 6 nitrogen and oxygen atoms in total. The van der Waals surface area contributed by atoms with E-state index in [-0.39, 0.29) is 12.0 Å². The fourth-order valence-corrected chi connectivity index (χ4v) is 2.09. The van der Waals surface area contributed by atoms with E-state index in [0.717, 1.165) is 0 Å². The molecule has 18 heavy (non-hydrogen) atoms.